The third kappa shape index (κ3) is 3.08. The van der Waals surface area contributed by atoms with Crippen molar-refractivity contribution < 1.29 is 0 Å². The zero-order chi connectivity index (χ0) is 13.8. The fourth-order valence-corrected chi connectivity index (χ4v) is 1.65. The van der Waals surface area contributed by atoms with Crippen LogP contribution in [0.15, 0.2) is 16.7 Å². The van der Waals surface area contributed by atoms with Crippen molar-refractivity contribution in [2.24, 2.45) is 10.3 Å². The van der Waals surface area contributed by atoms with Crippen molar-refractivity contribution >= 4 is 34.5 Å². The van der Waals surface area contributed by atoms with Gasteiger partial charge in [-0.3, -0.25) is 5.01 Å². The van der Waals surface area contributed by atoms with Crippen LogP contribution < -0.4 is 5.73 Å². The molecule has 0 aliphatic carbocycles. The lowest BCUT2D eigenvalue weighted by Crippen LogP contribution is -2.26. The smallest absolute Gasteiger partial charge is 0.251 e. The van der Waals surface area contributed by atoms with Gasteiger partial charge in [0.05, 0.1) is 6.54 Å². The van der Waals surface area contributed by atoms with E-state index in [0.717, 1.165) is 0 Å². The summed E-state index contributed by atoms with van der Waals surface area (Å²) in [4.78, 5) is 14.9. The number of nitrogens with zero attached hydrogens (tertiary/aromatic N) is 6. The summed E-state index contributed by atoms with van der Waals surface area (Å²) in [6.45, 7) is 4.63. The first kappa shape index (κ1) is 13.5. The zero-order valence-corrected chi connectivity index (χ0v) is 11.5. The van der Waals surface area contributed by atoms with Crippen molar-refractivity contribution in [3.05, 3.63) is 6.33 Å². The number of anilines is 1. The Balaban J connectivity index is 2.22. The molecule has 0 aliphatic rings. The molecule has 102 valence electrons. The number of aromatic amines is 1. The van der Waals surface area contributed by atoms with Crippen LogP contribution in [-0.2, 0) is 0 Å². The molecule has 0 saturated heterocycles. The molecule has 0 saturated carbocycles. The summed E-state index contributed by atoms with van der Waals surface area (Å²) in [6, 6.07) is 0.205. The predicted octanol–water partition coefficient (Wildman–Crippen LogP) is 1.88. The molecule has 0 radical (unpaired) electrons. The predicted molar refractivity (Wildman–Crippen MR) is 73.2 cm³/mol. The Morgan fingerprint density at radius 2 is 2.26 bits per heavy atom. The molecule has 3 N–H and O–H groups in total. The number of nitrogens with one attached hydrogen (secondary N) is 1. The Hall–Kier alpha value is -1.96. The van der Waals surface area contributed by atoms with Gasteiger partial charge in [0.15, 0.2) is 11.5 Å². The SMILES string of the molecule is CC(C)N(CCCl)N=Nc1nc2ncnc(N)c2[nH]1. The van der Waals surface area contributed by atoms with Gasteiger partial charge in [0, 0.05) is 11.9 Å². The Morgan fingerprint density at radius 3 is 2.89 bits per heavy atom. The molecule has 0 fully saturated rings. The van der Waals surface area contributed by atoms with Crippen molar-refractivity contribution in [2.45, 2.75) is 19.9 Å². The lowest BCUT2D eigenvalue weighted by molar-refractivity contribution is 0.230. The van der Waals surface area contributed by atoms with Crippen LogP contribution in [-0.4, -0.2) is 43.4 Å². The van der Waals surface area contributed by atoms with Gasteiger partial charge in [-0.05, 0) is 13.8 Å². The summed E-state index contributed by atoms with van der Waals surface area (Å²) < 4.78 is 0. The third-order valence-electron chi connectivity index (χ3n) is 2.47. The molecule has 2 aromatic heterocycles. The second-order valence-corrected chi connectivity index (χ2v) is 4.53. The van der Waals surface area contributed by atoms with Crippen molar-refractivity contribution in [1.29, 1.82) is 0 Å². The number of rotatable bonds is 5. The molecule has 0 aromatic carbocycles. The van der Waals surface area contributed by atoms with Gasteiger partial charge in [-0.1, -0.05) is 10.3 Å². The summed E-state index contributed by atoms with van der Waals surface area (Å²) in [6.07, 6.45) is 1.35. The fourth-order valence-electron chi connectivity index (χ4n) is 1.47. The van der Waals surface area contributed by atoms with Crippen molar-refractivity contribution in [3.8, 4) is 0 Å². The van der Waals surface area contributed by atoms with Gasteiger partial charge in [0.25, 0.3) is 5.95 Å². The first-order valence-corrected chi connectivity index (χ1v) is 6.35. The molecular weight excluding hydrogens is 268 g/mol. The van der Waals surface area contributed by atoms with Gasteiger partial charge in [-0.15, -0.1) is 11.6 Å². The van der Waals surface area contributed by atoms with Gasteiger partial charge in [0.1, 0.15) is 11.8 Å². The van der Waals surface area contributed by atoms with E-state index in [0.29, 0.717) is 35.4 Å². The molecule has 9 heteroatoms. The van der Waals surface area contributed by atoms with Crippen molar-refractivity contribution in [3.63, 3.8) is 0 Å². The number of H-pyrrole nitrogens is 1. The number of nitrogens with two attached hydrogens (primary N) is 1. The highest BCUT2D eigenvalue weighted by molar-refractivity contribution is 6.18. The number of fused-ring (bicyclic) bond motifs is 1. The van der Waals surface area contributed by atoms with E-state index in [1.807, 2.05) is 13.8 Å². The van der Waals surface area contributed by atoms with Gasteiger partial charge >= 0.3 is 0 Å². The molecule has 0 aliphatic heterocycles. The van der Waals surface area contributed by atoms with E-state index in [-0.39, 0.29) is 6.04 Å². The molecule has 19 heavy (non-hydrogen) atoms. The minimum Gasteiger partial charge on any atom is -0.382 e. The van der Waals surface area contributed by atoms with Crippen LogP contribution in [0.4, 0.5) is 11.8 Å². The van der Waals surface area contributed by atoms with Gasteiger partial charge in [0.2, 0.25) is 0 Å². The maximum absolute atomic E-state index is 5.71. The summed E-state index contributed by atoms with van der Waals surface area (Å²) in [5.74, 6) is 1.15. The first-order chi connectivity index (χ1) is 9.11. The fraction of sp³-hybridized carbons (Fsp3) is 0.500. The highest BCUT2D eigenvalue weighted by atomic mass is 35.5. The van der Waals surface area contributed by atoms with E-state index in [9.17, 15) is 0 Å². The molecular formula is C10H15ClN8. The van der Waals surface area contributed by atoms with Crippen molar-refractivity contribution in [2.75, 3.05) is 18.2 Å². The number of hydrogen-bond donors (Lipinski definition) is 2. The molecule has 2 aromatic rings. The average molecular weight is 283 g/mol. The summed E-state index contributed by atoms with van der Waals surface area (Å²) >= 11 is 5.71. The number of imidazole rings is 1. The van der Waals surface area contributed by atoms with E-state index in [4.69, 9.17) is 17.3 Å². The van der Waals surface area contributed by atoms with Gasteiger partial charge in [-0.25, -0.2) is 9.97 Å². The van der Waals surface area contributed by atoms with Crippen LogP contribution in [0.5, 0.6) is 0 Å². The summed E-state index contributed by atoms with van der Waals surface area (Å²) in [5.41, 5.74) is 6.73. The zero-order valence-electron chi connectivity index (χ0n) is 10.7. The van der Waals surface area contributed by atoms with Gasteiger partial charge < -0.3 is 10.7 Å². The molecule has 0 spiro atoms. The maximum Gasteiger partial charge on any atom is 0.251 e. The summed E-state index contributed by atoms with van der Waals surface area (Å²) in [5, 5.41) is 9.90. The van der Waals surface area contributed by atoms with E-state index >= 15 is 0 Å². The molecule has 0 atom stereocenters. The monoisotopic (exact) mass is 282 g/mol. The summed E-state index contributed by atoms with van der Waals surface area (Å²) in [7, 11) is 0. The molecule has 0 amide bonds. The second kappa shape index (κ2) is 5.79. The Bertz CT molecular complexity index is 578. The van der Waals surface area contributed by atoms with E-state index in [1.165, 1.54) is 6.33 Å². The van der Waals surface area contributed by atoms with Crippen LogP contribution in [0.25, 0.3) is 11.2 Å². The lowest BCUT2D eigenvalue weighted by Gasteiger charge is -2.19. The van der Waals surface area contributed by atoms with E-state index in [2.05, 4.69) is 30.3 Å². The Morgan fingerprint density at radius 1 is 1.47 bits per heavy atom. The largest absolute Gasteiger partial charge is 0.382 e. The topological polar surface area (TPSA) is 108 Å². The van der Waals surface area contributed by atoms with Crippen LogP contribution in [0, 0.1) is 0 Å². The minimum atomic E-state index is 0.205. The number of hydrogen-bond acceptors (Lipinski definition) is 6. The molecule has 2 heterocycles. The van der Waals surface area contributed by atoms with Crippen molar-refractivity contribution in [1.82, 2.24) is 24.9 Å². The van der Waals surface area contributed by atoms with Gasteiger partial charge in [-0.2, -0.15) is 4.98 Å². The molecule has 8 nitrogen and oxygen atoms in total. The van der Waals surface area contributed by atoms with E-state index in [1.54, 1.807) is 5.01 Å². The number of halogens is 1. The normalized spacial score (nSPS) is 11.8. The van der Waals surface area contributed by atoms with E-state index < -0.39 is 0 Å². The van der Waals surface area contributed by atoms with Crippen LogP contribution in [0.2, 0.25) is 0 Å². The number of nitrogen functional groups attached to an aromatic ring is 1. The minimum absolute atomic E-state index is 0.205. The quantitative estimate of drug-likeness (QED) is 0.494. The molecule has 0 bridgehead atoms. The standard InChI is InChI=1S/C10H15ClN8/c1-6(2)19(4-3-11)18-17-10-15-7-8(12)13-5-14-9(7)16-10/h5-6H,3-4H2,1-2H3,(H3,12,13,14,15,16). The highest BCUT2D eigenvalue weighted by Crippen LogP contribution is 2.18. The van der Waals surface area contributed by atoms with Crippen LogP contribution >= 0.6 is 11.6 Å². The number of alkyl halides is 1. The van der Waals surface area contributed by atoms with Crippen LogP contribution in [0.3, 0.4) is 0 Å². The first-order valence-electron chi connectivity index (χ1n) is 5.82. The van der Waals surface area contributed by atoms with Crippen LogP contribution in [0.1, 0.15) is 13.8 Å². The molecule has 0 unspecified atom stereocenters. The Labute approximate surface area is 115 Å². The molecule has 2 rings (SSSR count). The highest BCUT2D eigenvalue weighted by Gasteiger charge is 2.08. The number of aromatic nitrogens is 4. The lowest BCUT2D eigenvalue weighted by atomic mass is 10.4. The third-order valence-corrected chi connectivity index (χ3v) is 2.64. The Kier molecular flexibility index (Phi) is 4.10. The maximum atomic E-state index is 5.71. The second-order valence-electron chi connectivity index (χ2n) is 4.15. The average Bonchev–Trinajstić information content (AvgIpc) is 2.78.